The highest BCUT2D eigenvalue weighted by Gasteiger charge is 2.17. The Balaban J connectivity index is 1.40. The van der Waals surface area contributed by atoms with Crippen LogP contribution in [0.4, 0.5) is 5.82 Å². The van der Waals surface area contributed by atoms with Crippen LogP contribution in [-0.4, -0.2) is 22.4 Å². The molecule has 0 bridgehead atoms. The minimum absolute atomic E-state index is 0.211. The second-order valence-electron chi connectivity index (χ2n) is 6.37. The van der Waals surface area contributed by atoms with E-state index in [1.807, 2.05) is 30.3 Å². The van der Waals surface area contributed by atoms with Crippen molar-refractivity contribution in [3.63, 3.8) is 0 Å². The zero-order valence-corrected chi connectivity index (χ0v) is 14.4. The first-order valence-electron chi connectivity index (χ1n) is 8.75. The van der Waals surface area contributed by atoms with Gasteiger partial charge in [0.15, 0.2) is 0 Å². The van der Waals surface area contributed by atoms with Gasteiger partial charge in [-0.1, -0.05) is 54.6 Å². The van der Waals surface area contributed by atoms with Gasteiger partial charge in [-0.25, -0.2) is 9.97 Å². The molecule has 2 aromatic carbocycles. The molecule has 0 fully saturated rings. The summed E-state index contributed by atoms with van der Waals surface area (Å²) in [5.41, 5.74) is 4.11. The van der Waals surface area contributed by atoms with Crippen LogP contribution in [0.1, 0.15) is 27.2 Å². The van der Waals surface area contributed by atoms with E-state index in [4.69, 9.17) is 0 Å². The van der Waals surface area contributed by atoms with Gasteiger partial charge >= 0.3 is 0 Å². The fraction of sp³-hybridized carbons (Fsp3) is 0.190. The van der Waals surface area contributed by atoms with Crippen LogP contribution < -0.4 is 10.2 Å². The van der Waals surface area contributed by atoms with E-state index in [0.29, 0.717) is 12.2 Å². The largest absolute Gasteiger partial charge is 0.351 e. The second kappa shape index (κ2) is 7.35. The van der Waals surface area contributed by atoms with Crippen molar-refractivity contribution >= 4 is 11.7 Å². The van der Waals surface area contributed by atoms with Gasteiger partial charge in [0.1, 0.15) is 11.5 Å². The lowest BCUT2D eigenvalue weighted by Crippen LogP contribution is -2.31. The Morgan fingerprint density at radius 1 is 0.962 bits per heavy atom. The maximum atomic E-state index is 12.2. The van der Waals surface area contributed by atoms with Crippen molar-refractivity contribution in [2.45, 2.75) is 19.5 Å². The minimum atomic E-state index is -0.211. The Hall–Kier alpha value is -3.21. The molecule has 26 heavy (non-hydrogen) atoms. The molecule has 130 valence electrons. The number of carbonyl (C=O) groups excluding carboxylic acids is 1. The molecular weight excluding hydrogens is 324 g/mol. The fourth-order valence-electron chi connectivity index (χ4n) is 3.16. The second-order valence-corrected chi connectivity index (χ2v) is 6.37. The average molecular weight is 344 g/mol. The normalized spacial score (nSPS) is 13.2. The van der Waals surface area contributed by atoms with Gasteiger partial charge < -0.3 is 10.2 Å². The summed E-state index contributed by atoms with van der Waals surface area (Å²) in [7, 11) is 0. The number of anilines is 1. The van der Waals surface area contributed by atoms with Crippen LogP contribution in [-0.2, 0) is 19.5 Å². The highest BCUT2D eigenvalue weighted by molar-refractivity contribution is 5.91. The summed E-state index contributed by atoms with van der Waals surface area (Å²) in [6, 6.07) is 18.3. The van der Waals surface area contributed by atoms with Gasteiger partial charge in [-0.15, -0.1) is 0 Å². The van der Waals surface area contributed by atoms with Crippen LogP contribution in [0.5, 0.6) is 0 Å². The van der Waals surface area contributed by atoms with Gasteiger partial charge in [0, 0.05) is 19.6 Å². The number of benzene rings is 2. The molecule has 1 aliphatic heterocycles. The third-order valence-electron chi connectivity index (χ3n) is 4.62. The summed E-state index contributed by atoms with van der Waals surface area (Å²) >= 11 is 0. The molecule has 0 unspecified atom stereocenters. The van der Waals surface area contributed by atoms with E-state index in [0.717, 1.165) is 30.9 Å². The van der Waals surface area contributed by atoms with E-state index in [-0.39, 0.29) is 5.91 Å². The topological polar surface area (TPSA) is 58.1 Å². The zero-order chi connectivity index (χ0) is 17.8. The molecule has 5 nitrogen and oxygen atoms in total. The van der Waals surface area contributed by atoms with E-state index in [2.05, 4.69) is 44.5 Å². The molecular formula is C21H20N4O. The molecule has 4 rings (SSSR count). The number of nitrogens with zero attached hydrogens (tertiary/aromatic N) is 3. The molecule has 1 aliphatic rings. The van der Waals surface area contributed by atoms with Crippen molar-refractivity contribution in [2.24, 2.45) is 0 Å². The maximum absolute atomic E-state index is 12.2. The number of rotatable bonds is 4. The summed E-state index contributed by atoms with van der Waals surface area (Å²) in [5, 5.41) is 2.87. The van der Waals surface area contributed by atoms with Crippen LogP contribution in [0, 0.1) is 0 Å². The molecule has 1 N–H and O–H groups in total. The minimum Gasteiger partial charge on any atom is -0.351 e. The van der Waals surface area contributed by atoms with E-state index in [1.54, 1.807) is 12.4 Å². The number of nitrogens with one attached hydrogen (secondary N) is 1. The molecule has 1 amide bonds. The van der Waals surface area contributed by atoms with Crippen molar-refractivity contribution in [2.75, 3.05) is 11.4 Å². The predicted molar refractivity (Wildman–Crippen MR) is 101 cm³/mol. The van der Waals surface area contributed by atoms with E-state index < -0.39 is 0 Å². The predicted octanol–water partition coefficient (Wildman–Crippen LogP) is 2.97. The molecule has 0 saturated carbocycles. The summed E-state index contributed by atoms with van der Waals surface area (Å²) < 4.78 is 0. The average Bonchev–Trinajstić information content (AvgIpc) is 2.72. The lowest BCUT2D eigenvalue weighted by Gasteiger charge is -2.29. The fourth-order valence-corrected chi connectivity index (χ4v) is 3.16. The molecule has 0 spiro atoms. The van der Waals surface area contributed by atoms with Crippen molar-refractivity contribution in [3.8, 4) is 0 Å². The summed E-state index contributed by atoms with van der Waals surface area (Å²) in [6.07, 6.45) is 4.23. The van der Waals surface area contributed by atoms with Crippen LogP contribution in [0.15, 0.2) is 67.0 Å². The van der Waals surface area contributed by atoms with Crippen molar-refractivity contribution in [3.05, 3.63) is 89.4 Å². The van der Waals surface area contributed by atoms with E-state index in [1.165, 1.54) is 11.1 Å². The first-order chi connectivity index (χ1) is 12.8. The van der Waals surface area contributed by atoms with E-state index in [9.17, 15) is 4.79 Å². The maximum Gasteiger partial charge on any atom is 0.271 e. The molecule has 5 heteroatoms. The number of fused-ring (bicyclic) bond motifs is 1. The Morgan fingerprint density at radius 3 is 2.50 bits per heavy atom. The van der Waals surface area contributed by atoms with Gasteiger partial charge in [-0.2, -0.15) is 0 Å². The molecule has 0 radical (unpaired) electrons. The number of amides is 1. The SMILES string of the molecule is O=C(NCc1ccccc1)c1cnc(N2CCc3ccccc3C2)cn1. The lowest BCUT2D eigenvalue weighted by atomic mass is 10.0. The monoisotopic (exact) mass is 344 g/mol. The molecule has 1 aromatic heterocycles. The molecule has 0 aliphatic carbocycles. The van der Waals surface area contributed by atoms with Crippen LogP contribution in [0.25, 0.3) is 0 Å². The van der Waals surface area contributed by atoms with Gasteiger partial charge in [0.25, 0.3) is 5.91 Å². The first kappa shape index (κ1) is 16.3. The van der Waals surface area contributed by atoms with Gasteiger partial charge in [0.05, 0.1) is 12.4 Å². The number of hydrogen-bond acceptors (Lipinski definition) is 4. The summed E-state index contributed by atoms with van der Waals surface area (Å²) in [5.74, 6) is 0.594. The molecule has 0 atom stereocenters. The van der Waals surface area contributed by atoms with Crippen LogP contribution in [0.3, 0.4) is 0 Å². The molecule has 0 saturated heterocycles. The summed E-state index contributed by atoms with van der Waals surface area (Å²) in [6.45, 7) is 2.21. The Labute approximate surface area is 152 Å². The van der Waals surface area contributed by atoms with Gasteiger partial charge in [-0.3, -0.25) is 4.79 Å². The number of aromatic nitrogens is 2. The third kappa shape index (κ3) is 3.57. The smallest absolute Gasteiger partial charge is 0.271 e. The van der Waals surface area contributed by atoms with Gasteiger partial charge in [-0.05, 0) is 23.1 Å². The molecule has 3 aromatic rings. The zero-order valence-electron chi connectivity index (χ0n) is 14.4. The van der Waals surface area contributed by atoms with Crippen LogP contribution in [0.2, 0.25) is 0 Å². The van der Waals surface area contributed by atoms with E-state index >= 15 is 0 Å². The Bertz CT molecular complexity index is 893. The standard InChI is InChI=1S/C21H20N4O/c26-21(24-12-16-6-2-1-3-7-16)19-13-23-20(14-22-19)25-11-10-17-8-4-5-9-18(17)15-25/h1-9,13-14H,10-12,15H2,(H,24,26). The Kier molecular flexibility index (Phi) is 4.60. The third-order valence-corrected chi connectivity index (χ3v) is 4.62. The van der Waals surface area contributed by atoms with Crippen molar-refractivity contribution < 1.29 is 4.79 Å². The first-order valence-corrected chi connectivity index (χ1v) is 8.75. The molecule has 2 heterocycles. The number of hydrogen-bond donors (Lipinski definition) is 1. The number of carbonyl (C=O) groups is 1. The van der Waals surface area contributed by atoms with Crippen molar-refractivity contribution in [1.82, 2.24) is 15.3 Å². The lowest BCUT2D eigenvalue weighted by molar-refractivity contribution is 0.0945. The van der Waals surface area contributed by atoms with Crippen LogP contribution >= 0.6 is 0 Å². The highest BCUT2D eigenvalue weighted by atomic mass is 16.1. The highest BCUT2D eigenvalue weighted by Crippen LogP contribution is 2.22. The summed E-state index contributed by atoms with van der Waals surface area (Å²) in [4.78, 5) is 23.2. The quantitative estimate of drug-likeness (QED) is 0.790. The van der Waals surface area contributed by atoms with Crippen molar-refractivity contribution in [1.29, 1.82) is 0 Å². The van der Waals surface area contributed by atoms with Gasteiger partial charge in [0.2, 0.25) is 0 Å². The Morgan fingerprint density at radius 2 is 1.73 bits per heavy atom.